The van der Waals surface area contributed by atoms with E-state index in [4.69, 9.17) is 9.72 Å². The Kier molecular flexibility index (Phi) is 4.37. The highest BCUT2D eigenvalue weighted by molar-refractivity contribution is 5.79. The summed E-state index contributed by atoms with van der Waals surface area (Å²) in [6, 6.07) is 13.9. The molecule has 26 heavy (non-hydrogen) atoms. The maximum absolute atomic E-state index is 12.0. The Morgan fingerprint density at radius 3 is 2.73 bits per heavy atom. The second-order valence-corrected chi connectivity index (χ2v) is 7.00. The molecular weight excluding hydrogens is 326 g/mol. The predicted molar refractivity (Wildman–Crippen MR) is 101 cm³/mol. The zero-order valence-corrected chi connectivity index (χ0v) is 15.2. The van der Waals surface area contributed by atoms with Gasteiger partial charge in [0, 0.05) is 19.5 Å². The van der Waals surface area contributed by atoms with Gasteiger partial charge in [-0.3, -0.25) is 4.79 Å². The first kappa shape index (κ1) is 16.6. The monoisotopic (exact) mass is 349 g/mol. The van der Waals surface area contributed by atoms with E-state index in [1.165, 1.54) is 18.7 Å². The molecule has 0 spiro atoms. The number of hydrogen-bond acceptors (Lipinski definition) is 3. The van der Waals surface area contributed by atoms with E-state index in [0.29, 0.717) is 18.2 Å². The lowest BCUT2D eigenvalue weighted by Gasteiger charge is -2.08. The van der Waals surface area contributed by atoms with Crippen molar-refractivity contribution >= 4 is 16.9 Å². The Bertz CT molecular complexity index is 940. The Labute approximate surface area is 153 Å². The topological polar surface area (TPSA) is 56.1 Å². The number of nitrogens with zero attached hydrogens (tertiary/aromatic N) is 2. The summed E-state index contributed by atoms with van der Waals surface area (Å²) in [7, 11) is 2.08. The van der Waals surface area contributed by atoms with Crippen molar-refractivity contribution in [3.63, 3.8) is 0 Å². The van der Waals surface area contributed by atoms with Gasteiger partial charge < -0.3 is 14.6 Å². The van der Waals surface area contributed by atoms with Crippen molar-refractivity contribution in [2.75, 3.05) is 6.61 Å². The van der Waals surface area contributed by atoms with Gasteiger partial charge in [-0.15, -0.1) is 0 Å². The van der Waals surface area contributed by atoms with Gasteiger partial charge in [0.1, 0.15) is 11.6 Å². The van der Waals surface area contributed by atoms with Crippen LogP contribution in [-0.2, 0) is 18.4 Å². The van der Waals surface area contributed by atoms with Crippen molar-refractivity contribution in [2.24, 2.45) is 7.05 Å². The summed E-state index contributed by atoms with van der Waals surface area (Å²) in [6.45, 7) is 2.50. The fourth-order valence-corrected chi connectivity index (χ4v) is 3.12. The number of aryl methyl sites for hydroxylation is 2. The van der Waals surface area contributed by atoms with Gasteiger partial charge >= 0.3 is 0 Å². The minimum atomic E-state index is -0.134. The standard InChI is InChI=1S/C21H23N3O2/c1-14-3-8-17(9-4-14)26-13-20(25)22-12-15-5-10-19-18(11-15)23-21(24(19)2)16-6-7-16/h3-5,8-11,16H,6-7,12-13H2,1-2H3,(H,22,25). The fraction of sp³-hybridized carbons (Fsp3) is 0.333. The van der Waals surface area contributed by atoms with Crippen molar-refractivity contribution in [3.8, 4) is 5.75 Å². The van der Waals surface area contributed by atoms with Gasteiger partial charge in [0.2, 0.25) is 0 Å². The van der Waals surface area contributed by atoms with Crippen LogP contribution < -0.4 is 10.1 Å². The SMILES string of the molecule is Cc1ccc(OCC(=O)NCc2ccc3c(c2)nc(C2CC2)n3C)cc1. The van der Waals surface area contributed by atoms with E-state index in [-0.39, 0.29) is 12.5 Å². The minimum absolute atomic E-state index is 0.0146. The Morgan fingerprint density at radius 1 is 1.23 bits per heavy atom. The molecule has 1 amide bonds. The zero-order chi connectivity index (χ0) is 18.1. The number of rotatable bonds is 6. The van der Waals surface area contributed by atoms with Gasteiger partial charge in [-0.2, -0.15) is 0 Å². The molecule has 0 bridgehead atoms. The van der Waals surface area contributed by atoms with Crippen LogP contribution in [0.3, 0.4) is 0 Å². The number of aromatic nitrogens is 2. The van der Waals surface area contributed by atoms with Crippen LogP contribution in [0, 0.1) is 6.92 Å². The molecule has 1 N–H and O–H groups in total. The number of amides is 1. The normalized spacial score (nSPS) is 13.8. The Hall–Kier alpha value is -2.82. The molecule has 5 nitrogen and oxygen atoms in total. The van der Waals surface area contributed by atoms with Gasteiger partial charge in [0.25, 0.3) is 5.91 Å². The number of imidazole rings is 1. The van der Waals surface area contributed by atoms with E-state index in [9.17, 15) is 4.79 Å². The average molecular weight is 349 g/mol. The van der Waals surface area contributed by atoms with Crippen molar-refractivity contribution in [1.82, 2.24) is 14.9 Å². The van der Waals surface area contributed by atoms with Gasteiger partial charge in [-0.25, -0.2) is 4.98 Å². The minimum Gasteiger partial charge on any atom is -0.484 e. The first-order valence-electron chi connectivity index (χ1n) is 9.01. The van der Waals surface area contributed by atoms with Crippen LogP contribution in [0.25, 0.3) is 11.0 Å². The van der Waals surface area contributed by atoms with Crippen LogP contribution >= 0.6 is 0 Å². The molecule has 1 saturated carbocycles. The molecule has 5 heteroatoms. The lowest BCUT2D eigenvalue weighted by atomic mass is 10.2. The highest BCUT2D eigenvalue weighted by atomic mass is 16.5. The van der Waals surface area contributed by atoms with E-state index in [2.05, 4.69) is 29.1 Å². The summed E-state index contributed by atoms with van der Waals surface area (Å²) in [5.74, 6) is 2.36. The molecule has 2 aromatic carbocycles. The van der Waals surface area contributed by atoms with Crippen LogP contribution in [0.1, 0.15) is 35.7 Å². The van der Waals surface area contributed by atoms with Gasteiger partial charge in [0.05, 0.1) is 11.0 Å². The molecule has 1 aromatic heterocycles. The van der Waals surface area contributed by atoms with Crippen LogP contribution in [0.2, 0.25) is 0 Å². The highest BCUT2D eigenvalue weighted by Gasteiger charge is 2.28. The molecule has 1 aliphatic rings. The van der Waals surface area contributed by atoms with Crippen molar-refractivity contribution in [3.05, 3.63) is 59.4 Å². The Morgan fingerprint density at radius 2 is 2.00 bits per heavy atom. The van der Waals surface area contributed by atoms with Crippen molar-refractivity contribution in [2.45, 2.75) is 32.2 Å². The number of benzene rings is 2. The average Bonchev–Trinajstić information content (AvgIpc) is 3.44. The largest absolute Gasteiger partial charge is 0.484 e. The number of hydrogen-bond donors (Lipinski definition) is 1. The molecule has 134 valence electrons. The lowest BCUT2D eigenvalue weighted by molar-refractivity contribution is -0.123. The van der Waals surface area contributed by atoms with Gasteiger partial charge in [-0.1, -0.05) is 23.8 Å². The van der Waals surface area contributed by atoms with E-state index in [1.807, 2.05) is 37.3 Å². The summed E-state index contributed by atoms with van der Waals surface area (Å²) in [5, 5.41) is 2.90. The third-order valence-electron chi connectivity index (χ3n) is 4.80. The predicted octanol–water partition coefficient (Wildman–Crippen LogP) is 3.45. The summed E-state index contributed by atoms with van der Waals surface area (Å²) < 4.78 is 7.69. The molecule has 0 unspecified atom stereocenters. The number of ether oxygens (including phenoxy) is 1. The van der Waals surface area contributed by atoms with Gasteiger partial charge in [-0.05, 0) is 49.6 Å². The highest BCUT2D eigenvalue weighted by Crippen LogP contribution is 2.40. The lowest BCUT2D eigenvalue weighted by Crippen LogP contribution is -2.28. The molecule has 1 fully saturated rings. The molecule has 4 rings (SSSR count). The van der Waals surface area contributed by atoms with Crippen LogP contribution in [0.4, 0.5) is 0 Å². The van der Waals surface area contributed by atoms with E-state index in [1.54, 1.807) is 0 Å². The van der Waals surface area contributed by atoms with Crippen LogP contribution in [-0.4, -0.2) is 22.1 Å². The third kappa shape index (κ3) is 3.57. The van der Waals surface area contributed by atoms with E-state index in [0.717, 1.165) is 22.2 Å². The van der Waals surface area contributed by atoms with E-state index >= 15 is 0 Å². The summed E-state index contributed by atoms with van der Waals surface area (Å²) in [6.07, 6.45) is 2.47. The summed E-state index contributed by atoms with van der Waals surface area (Å²) >= 11 is 0. The third-order valence-corrected chi connectivity index (χ3v) is 4.80. The van der Waals surface area contributed by atoms with Gasteiger partial charge in [0.15, 0.2) is 6.61 Å². The second kappa shape index (κ2) is 6.83. The molecule has 1 aliphatic carbocycles. The zero-order valence-electron chi connectivity index (χ0n) is 15.2. The molecule has 1 heterocycles. The maximum atomic E-state index is 12.0. The molecule has 0 saturated heterocycles. The molecular formula is C21H23N3O2. The number of fused-ring (bicyclic) bond motifs is 1. The summed E-state index contributed by atoms with van der Waals surface area (Å²) in [4.78, 5) is 16.8. The van der Waals surface area contributed by atoms with Crippen LogP contribution in [0.5, 0.6) is 5.75 Å². The number of carbonyl (C=O) groups is 1. The first-order valence-corrected chi connectivity index (χ1v) is 9.01. The quantitative estimate of drug-likeness (QED) is 0.741. The molecule has 0 atom stereocenters. The molecule has 3 aromatic rings. The number of carbonyl (C=O) groups excluding carboxylic acids is 1. The van der Waals surface area contributed by atoms with E-state index < -0.39 is 0 Å². The second-order valence-electron chi connectivity index (χ2n) is 7.00. The summed E-state index contributed by atoms with van der Waals surface area (Å²) in [5.41, 5.74) is 4.35. The van der Waals surface area contributed by atoms with Crippen molar-refractivity contribution < 1.29 is 9.53 Å². The van der Waals surface area contributed by atoms with Crippen molar-refractivity contribution in [1.29, 1.82) is 0 Å². The molecule has 0 radical (unpaired) electrons. The smallest absolute Gasteiger partial charge is 0.258 e. The molecule has 0 aliphatic heterocycles. The van der Waals surface area contributed by atoms with Crippen LogP contribution in [0.15, 0.2) is 42.5 Å². The fourth-order valence-electron chi connectivity index (χ4n) is 3.12. The number of nitrogens with one attached hydrogen (secondary N) is 1. The maximum Gasteiger partial charge on any atom is 0.258 e. The Balaban J connectivity index is 1.35. The first-order chi connectivity index (χ1) is 12.6.